The maximum atomic E-state index is 12.4. The fourth-order valence-electron chi connectivity index (χ4n) is 2.67. The third kappa shape index (κ3) is 4.70. The van der Waals surface area contributed by atoms with Gasteiger partial charge >= 0.3 is 0 Å². The molecule has 0 bridgehead atoms. The number of nitrogens with zero attached hydrogens (tertiary/aromatic N) is 1. The van der Waals surface area contributed by atoms with Crippen molar-refractivity contribution in [1.82, 2.24) is 10.2 Å². The van der Waals surface area contributed by atoms with Crippen molar-refractivity contribution in [1.29, 1.82) is 0 Å². The summed E-state index contributed by atoms with van der Waals surface area (Å²) < 4.78 is 1.12. The van der Waals surface area contributed by atoms with E-state index in [2.05, 4.69) is 60.2 Å². The van der Waals surface area contributed by atoms with Crippen molar-refractivity contribution in [3.05, 3.63) is 33.8 Å². The number of aryl methyl sites for hydroxylation is 2. The minimum atomic E-state index is 0. The first-order valence-electron chi connectivity index (χ1n) is 7.27. The summed E-state index contributed by atoms with van der Waals surface area (Å²) in [5.74, 6) is 0.270. The van der Waals surface area contributed by atoms with Crippen LogP contribution < -0.4 is 5.32 Å². The molecule has 21 heavy (non-hydrogen) atoms. The predicted octanol–water partition coefficient (Wildman–Crippen LogP) is 3.32. The van der Waals surface area contributed by atoms with Gasteiger partial charge in [-0.2, -0.15) is 0 Å². The van der Waals surface area contributed by atoms with E-state index in [1.807, 2.05) is 4.90 Å². The average Bonchev–Trinajstić information content (AvgIpc) is 2.43. The van der Waals surface area contributed by atoms with Gasteiger partial charge in [0.15, 0.2) is 0 Å². The van der Waals surface area contributed by atoms with Gasteiger partial charge in [-0.25, -0.2) is 0 Å². The van der Waals surface area contributed by atoms with Crippen LogP contribution in [0.25, 0.3) is 0 Å². The van der Waals surface area contributed by atoms with Gasteiger partial charge in [0.25, 0.3) is 0 Å². The normalized spacial score (nSPS) is 21.8. The Hall–Kier alpha value is -0.580. The summed E-state index contributed by atoms with van der Waals surface area (Å²) in [5, 5.41) is 3.40. The molecule has 1 saturated heterocycles. The number of piperazine rings is 1. The second kappa shape index (κ2) is 8.16. The highest BCUT2D eigenvalue weighted by Crippen LogP contribution is 2.18. The van der Waals surface area contributed by atoms with E-state index in [1.165, 1.54) is 11.1 Å². The molecular formula is C16H24BrClN2O. The smallest absolute Gasteiger partial charge is 0.223 e. The zero-order valence-corrected chi connectivity index (χ0v) is 15.3. The highest BCUT2D eigenvalue weighted by Gasteiger charge is 2.27. The summed E-state index contributed by atoms with van der Waals surface area (Å²) in [6, 6.07) is 6.96. The van der Waals surface area contributed by atoms with E-state index >= 15 is 0 Å². The molecule has 1 aromatic rings. The van der Waals surface area contributed by atoms with Crippen LogP contribution in [0.4, 0.5) is 0 Å². The second-order valence-corrected chi connectivity index (χ2v) is 6.51. The minimum absolute atomic E-state index is 0. The Labute approximate surface area is 142 Å². The number of carbonyl (C=O) groups is 1. The number of benzene rings is 1. The molecule has 3 nitrogen and oxygen atoms in total. The summed E-state index contributed by atoms with van der Waals surface area (Å²) in [4.78, 5) is 14.4. The summed E-state index contributed by atoms with van der Waals surface area (Å²) in [6.45, 7) is 8.06. The highest BCUT2D eigenvalue weighted by atomic mass is 79.9. The molecule has 1 N–H and O–H groups in total. The highest BCUT2D eigenvalue weighted by molar-refractivity contribution is 9.10. The molecule has 2 rings (SSSR count). The third-order valence-electron chi connectivity index (χ3n) is 4.20. The second-order valence-electron chi connectivity index (χ2n) is 5.65. The van der Waals surface area contributed by atoms with E-state index in [0.717, 1.165) is 24.0 Å². The molecule has 1 aromatic carbocycles. The minimum Gasteiger partial charge on any atom is -0.337 e. The number of hydrogen-bond acceptors (Lipinski definition) is 2. The summed E-state index contributed by atoms with van der Waals surface area (Å²) in [7, 11) is 0. The number of carbonyl (C=O) groups excluding carboxylic acids is 1. The van der Waals surface area contributed by atoms with E-state index in [4.69, 9.17) is 0 Å². The molecule has 0 aromatic heterocycles. The largest absolute Gasteiger partial charge is 0.337 e. The van der Waals surface area contributed by atoms with Crippen LogP contribution in [0.15, 0.2) is 22.7 Å². The molecule has 2 atom stereocenters. The number of amides is 1. The zero-order valence-electron chi connectivity index (χ0n) is 12.9. The maximum absolute atomic E-state index is 12.4. The van der Waals surface area contributed by atoms with E-state index in [9.17, 15) is 4.79 Å². The average molecular weight is 376 g/mol. The molecule has 1 fully saturated rings. The SMILES string of the molecule is Cc1cc(CCC(=O)N2CCNC(C)C2C)ccc1Br.Cl. The van der Waals surface area contributed by atoms with Crippen molar-refractivity contribution in [3.63, 3.8) is 0 Å². The quantitative estimate of drug-likeness (QED) is 0.879. The Balaban J connectivity index is 0.00000220. The Kier molecular flexibility index (Phi) is 7.17. The lowest BCUT2D eigenvalue weighted by Gasteiger charge is -2.38. The van der Waals surface area contributed by atoms with E-state index < -0.39 is 0 Å². The van der Waals surface area contributed by atoms with Crippen molar-refractivity contribution in [2.75, 3.05) is 13.1 Å². The van der Waals surface area contributed by atoms with Crippen LogP contribution in [0.2, 0.25) is 0 Å². The molecular weight excluding hydrogens is 352 g/mol. The molecule has 118 valence electrons. The molecule has 1 heterocycles. The van der Waals surface area contributed by atoms with Gasteiger partial charge in [-0.3, -0.25) is 4.79 Å². The maximum Gasteiger partial charge on any atom is 0.223 e. The first kappa shape index (κ1) is 18.5. The van der Waals surface area contributed by atoms with Gasteiger partial charge in [-0.15, -0.1) is 12.4 Å². The molecule has 1 aliphatic heterocycles. The van der Waals surface area contributed by atoms with Crippen LogP contribution >= 0.6 is 28.3 Å². The Morgan fingerprint density at radius 2 is 2.14 bits per heavy atom. The van der Waals surface area contributed by atoms with E-state index in [1.54, 1.807) is 0 Å². The van der Waals surface area contributed by atoms with Gasteiger partial charge in [0, 0.05) is 36.1 Å². The van der Waals surface area contributed by atoms with Gasteiger partial charge in [0.2, 0.25) is 5.91 Å². The Morgan fingerprint density at radius 3 is 2.81 bits per heavy atom. The monoisotopic (exact) mass is 374 g/mol. The van der Waals surface area contributed by atoms with Crippen LogP contribution in [-0.2, 0) is 11.2 Å². The lowest BCUT2D eigenvalue weighted by Crippen LogP contribution is -2.57. The van der Waals surface area contributed by atoms with Crippen LogP contribution in [0.1, 0.15) is 31.4 Å². The van der Waals surface area contributed by atoms with E-state index in [-0.39, 0.29) is 24.4 Å². The van der Waals surface area contributed by atoms with Gasteiger partial charge in [0.1, 0.15) is 0 Å². The Bertz CT molecular complexity index is 495. The molecule has 5 heteroatoms. The van der Waals surface area contributed by atoms with Gasteiger partial charge < -0.3 is 10.2 Å². The zero-order chi connectivity index (χ0) is 14.7. The van der Waals surface area contributed by atoms with Crippen molar-refractivity contribution >= 4 is 34.2 Å². The Morgan fingerprint density at radius 1 is 1.43 bits per heavy atom. The molecule has 0 aliphatic carbocycles. The summed E-state index contributed by atoms with van der Waals surface area (Å²) in [5.41, 5.74) is 2.45. The third-order valence-corrected chi connectivity index (χ3v) is 5.09. The number of hydrogen-bond donors (Lipinski definition) is 1. The molecule has 1 amide bonds. The lowest BCUT2D eigenvalue weighted by molar-refractivity contribution is -0.134. The predicted molar refractivity (Wildman–Crippen MR) is 93.1 cm³/mol. The summed E-state index contributed by atoms with van der Waals surface area (Å²) >= 11 is 3.50. The molecule has 2 unspecified atom stereocenters. The first-order chi connectivity index (χ1) is 9.49. The molecule has 0 spiro atoms. The van der Waals surface area contributed by atoms with Crippen LogP contribution in [0, 0.1) is 6.92 Å². The fraction of sp³-hybridized carbons (Fsp3) is 0.562. The van der Waals surface area contributed by atoms with Crippen molar-refractivity contribution in [2.45, 2.75) is 45.7 Å². The van der Waals surface area contributed by atoms with Crippen LogP contribution in [0.3, 0.4) is 0 Å². The molecule has 0 radical (unpaired) electrons. The number of halogens is 2. The first-order valence-corrected chi connectivity index (χ1v) is 8.06. The topological polar surface area (TPSA) is 32.3 Å². The van der Waals surface area contributed by atoms with E-state index in [0.29, 0.717) is 12.5 Å². The van der Waals surface area contributed by atoms with Crippen LogP contribution in [-0.4, -0.2) is 36.0 Å². The standard InChI is InChI=1S/C16H23BrN2O.ClH/c1-11-10-14(4-6-15(11)17)5-7-16(20)19-9-8-18-12(2)13(19)3;/h4,6,10,12-13,18H,5,7-9H2,1-3H3;1H. The van der Waals surface area contributed by atoms with Crippen molar-refractivity contribution in [3.8, 4) is 0 Å². The number of nitrogens with one attached hydrogen (secondary N) is 1. The van der Waals surface area contributed by atoms with Crippen LogP contribution in [0.5, 0.6) is 0 Å². The van der Waals surface area contributed by atoms with Gasteiger partial charge in [-0.1, -0.05) is 28.1 Å². The number of rotatable bonds is 3. The molecule has 1 aliphatic rings. The fourth-order valence-corrected chi connectivity index (χ4v) is 2.91. The summed E-state index contributed by atoms with van der Waals surface area (Å²) in [6.07, 6.45) is 1.41. The lowest BCUT2D eigenvalue weighted by atomic mass is 10.0. The van der Waals surface area contributed by atoms with Crippen molar-refractivity contribution < 1.29 is 4.79 Å². The van der Waals surface area contributed by atoms with Gasteiger partial charge in [0.05, 0.1) is 0 Å². The van der Waals surface area contributed by atoms with Gasteiger partial charge in [-0.05, 0) is 44.4 Å². The van der Waals surface area contributed by atoms with Crippen molar-refractivity contribution in [2.24, 2.45) is 0 Å². The molecule has 0 saturated carbocycles.